The highest BCUT2D eigenvalue weighted by molar-refractivity contribution is 5.92. The number of fused-ring (bicyclic) bond motifs is 1. The number of hydrogen-bond acceptors (Lipinski definition) is 5. The highest BCUT2D eigenvalue weighted by atomic mass is 19.1. The molecule has 198 valence electrons. The molecule has 1 aliphatic heterocycles. The third-order valence-electron chi connectivity index (χ3n) is 8.55. The highest BCUT2D eigenvalue weighted by Crippen LogP contribution is 2.56. The predicted octanol–water partition coefficient (Wildman–Crippen LogP) is 7.13. The van der Waals surface area contributed by atoms with Crippen molar-refractivity contribution in [3.05, 3.63) is 82.8 Å². The molecule has 6 nitrogen and oxygen atoms in total. The highest BCUT2D eigenvalue weighted by Gasteiger charge is 2.44. The molecule has 2 aromatic carbocycles. The van der Waals surface area contributed by atoms with Gasteiger partial charge in [0.1, 0.15) is 28.8 Å². The maximum Gasteiger partial charge on any atom is 0.354 e. The van der Waals surface area contributed by atoms with E-state index in [0.717, 1.165) is 78.7 Å². The maximum atomic E-state index is 14.7. The van der Waals surface area contributed by atoms with Gasteiger partial charge in [-0.1, -0.05) is 17.3 Å². The van der Waals surface area contributed by atoms with Gasteiger partial charge < -0.3 is 14.5 Å². The van der Waals surface area contributed by atoms with Crippen molar-refractivity contribution < 1.29 is 23.2 Å². The first-order valence-electron chi connectivity index (χ1n) is 13.4. The zero-order valence-electron chi connectivity index (χ0n) is 21.5. The summed E-state index contributed by atoms with van der Waals surface area (Å²) in [6, 6.07) is 11.5. The second kappa shape index (κ2) is 8.73. The van der Waals surface area contributed by atoms with E-state index in [4.69, 9.17) is 4.52 Å². The molecule has 1 saturated heterocycles. The van der Waals surface area contributed by atoms with Crippen LogP contribution in [-0.4, -0.2) is 34.3 Å². The molecule has 1 N–H and O–H groups in total. The smallest absolute Gasteiger partial charge is 0.354 e. The molecule has 0 bridgehead atoms. The van der Waals surface area contributed by atoms with Gasteiger partial charge in [0.25, 0.3) is 0 Å². The molecule has 8 heteroatoms. The number of anilines is 1. The van der Waals surface area contributed by atoms with E-state index in [1.165, 1.54) is 18.2 Å². The Morgan fingerprint density at radius 1 is 1.08 bits per heavy atom. The zero-order valence-corrected chi connectivity index (χ0v) is 21.5. The molecule has 1 spiro atoms. The minimum atomic E-state index is -1.03. The van der Waals surface area contributed by atoms with Crippen LogP contribution in [0.4, 0.5) is 14.5 Å². The van der Waals surface area contributed by atoms with Gasteiger partial charge in [0.2, 0.25) is 0 Å². The minimum Gasteiger partial charge on any atom is -0.477 e. The SMILES string of the molecule is Cc1cc(C(=O)O)nc2ccc(N3CCC4(C=C(c5c(-c6c(F)cccc6F)noc5C5CC5)C4)CC3)cc12. The summed E-state index contributed by atoms with van der Waals surface area (Å²) < 4.78 is 35.0. The minimum absolute atomic E-state index is 0.0544. The quantitative estimate of drug-likeness (QED) is 0.298. The Labute approximate surface area is 223 Å². The lowest BCUT2D eigenvalue weighted by molar-refractivity contribution is 0.0691. The van der Waals surface area contributed by atoms with Crippen LogP contribution >= 0.6 is 0 Å². The van der Waals surface area contributed by atoms with Gasteiger partial charge in [-0.2, -0.15) is 0 Å². The molecule has 7 rings (SSSR count). The van der Waals surface area contributed by atoms with Crippen LogP contribution in [0.3, 0.4) is 0 Å². The number of aryl methyl sites for hydroxylation is 1. The zero-order chi connectivity index (χ0) is 26.9. The van der Waals surface area contributed by atoms with Crippen molar-refractivity contribution in [3.63, 3.8) is 0 Å². The normalized spacial score (nSPS) is 18.3. The topological polar surface area (TPSA) is 79.5 Å². The van der Waals surface area contributed by atoms with Gasteiger partial charge in [-0.05, 0) is 92.0 Å². The first-order valence-corrected chi connectivity index (χ1v) is 13.4. The lowest BCUT2D eigenvalue weighted by atomic mass is 9.63. The third-order valence-corrected chi connectivity index (χ3v) is 8.55. The number of hydrogen-bond donors (Lipinski definition) is 1. The summed E-state index contributed by atoms with van der Waals surface area (Å²) in [7, 11) is 0. The fourth-order valence-electron chi connectivity index (χ4n) is 6.23. The van der Waals surface area contributed by atoms with Gasteiger partial charge in [0.05, 0.1) is 11.1 Å². The number of piperidine rings is 1. The molecule has 0 unspecified atom stereocenters. The molecule has 3 aliphatic rings. The molecule has 0 atom stereocenters. The van der Waals surface area contributed by atoms with Gasteiger partial charge in [0, 0.05) is 35.6 Å². The maximum absolute atomic E-state index is 14.7. The van der Waals surface area contributed by atoms with E-state index < -0.39 is 17.6 Å². The van der Waals surface area contributed by atoms with Crippen molar-refractivity contribution in [1.82, 2.24) is 10.1 Å². The summed E-state index contributed by atoms with van der Waals surface area (Å²) in [5.74, 6) is -1.25. The fraction of sp³-hybridized carbons (Fsp3) is 0.323. The van der Waals surface area contributed by atoms with Gasteiger partial charge in [0.15, 0.2) is 0 Å². The number of nitrogens with zero attached hydrogens (tertiary/aromatic N) is 3. The Bertz CT molecular complexity index is 1660. The van der Waals surface area contributed by atoms with E-state index in [2.05, 4.69) is 27.2 Å². The molecule has 2 aliphatic carbocycles. The Hall–Kier alpha value is -4.07. The molecule has 3 heterocycles. The van der Waals surface area contributed by atoms with Crippen LogP contribution in [0.15, 0.2) is 53.1 Å². The van der Waals surface area contributed by atoms with Crippen molar-refractivity contribution in [3.8, 4) is 11.3 Å². The van der Waals surface area contributed by atoms with Crippen LogP contribution in [0.25, 0.3) is 27.7 Å². The van der Waals surface area contributed by atoms with E-state index >= 15 is 0 Å². The van der Waals surface area contributed by atoms with Gasteiger partial charge in [-0.3, -0.25) is 0 Å². The summed E-state index contributed by atoms with van der Waals surface area (Å²) in [5, 5.41) is 14.4. The van der Waals surface area contributed by atoms with Gasteiger partial charge in [-0.15, -0.1) is 0 Å². The summed E-state index contributed by atoms with van der Waals surface area (Å²) in [6.07, 6.45) is 7.07. The molecular weight excluding hydrogens is 500 g/mol. The number of aromatic carboxylic acids is 1. The number of halogens is 2. The number of allylic oxidation sites excluding steroid dienone is 2. The van der Waals surface area contributed by atoms with E-state index in [9.17, 15) is 18.7 Å². The molecule has 0 radical (unpaired) electrons. The van der Waals surface area contributed by atoms with Crippen LogP contribution in [0.1, 0.15) is 65.4 Å². The number of benzene rings is 2. The van der Waals surface area contributed by atoms with E-state index in [-0.39, 0.29) is 28.3 Å². The van der Waals surface area contributed by atoms with Crippen LogP contribution in [0.2, 0.25) is 0 Å². The Morgan fingerprint density at radius 3 is 2.46 bits per heavy atom. The largest absolute Gasteiger partial charge is 0.477 e. The molecular formula is C31H27F2N3O3. The standard InChI is InChI=1S/C31H27F2N3O3/c1-17-13-25(30(37)38)34-24-8-7-20(14-21(17)24)36-11-9-31(10-12-36)15-19(16-31)26-28(35-39-29(26)18-5-6-18)27-22(32)3-2-4-23(27)33/h2-4,7-8,13-15,18H,5-6,9-12,16H2,1H3,(H,37,38). The average Bonchev–Trinajstić information content (AvgIpc) is 3.66. The lowest BCUT2D eigenvalue weighted by Gasteiger charge is -2.47. The van der Waals surface area contributed by atoms with Crippen LogP contribution in [0.5, 0.6) is 0 Å². The van der Waals surface area contributed by atoms with Crippen LogP contribution in [-0.2, 0) is 0 Å². The monoisotopic (exact) mass is 527 g/mol. The van der Waals surface area contributed by atoms with Crippen molar-refractivity contribution in [2.45, 2.75) is 44.9 Å². The molecule has 2 aromatic heterocycles. The molecule has 39 heavy (non-hydrogen) atoms. The van der Waals surface area contributed by atoms with Crippen molar-refractivity contribution >= 4 is 28.1 Å². The predicted molar refractivity (Wildman–Crippen MR) is 144 cm³/mol. The Morgan fingerprint density at radius 2 is 1.79 bits per heavy atom. The van der Waals surface area contributed by atoms with E-state index in [1.807, 2.05) is 19.1 Å². The third kappa shape index (κ3) is 4.01. The second-order valence-corrected chi connectivity index (χ2v) is 11.2. The Balaban J connectivity index is 1.14. The molecule has 1 saturated carbocycles. The van der Waals surface area contributed by atoms with Gasteiger partial charge in [-0.25, -0.2) is 18.6 Å². The number of rotatable bonds is 5. The van der Waals surface area contributed by atoms with Gasteiger partial charge >= 0.3 is 5.97 Å². The molecule has 2 fully saturated rings. The Kier molecular flexibility index (Phi) is 5.37. The number of carbonyl (C=O) groups is 1. The van der Waals surface area contributed by atoms with Crippen molar-refractivity contribution in [2.24, 2.45) is 5.41 Å². The molecule has 4 aromatic rings. The second-order valence-electron chi connectivity index (χ2n) is 11.2. The van der Waals surface area contributed by atoms with Crippen molar-refractivity contribution in [1.29, 1.82) is 0 Å². The molecule has 0 amide bonds. The van der Waals surface area contributed by atoms with Crippen LogP contribution in [0, 0.1) is 24.0 Å². The number of carboxylic acids is 1. The average molecular weight is 528 g/mol. The van der Waals surface area contributed by atoms with Crippen LogP contribution < -0.4 is 4.90 Å². The first-order chi connectivity index (χ1) is 18.8. The van der Waals surface area contributed by atoms with E-state index in [0.29, 0.717) is 5.52 Å². The summed E-state index contributed by atoms with van der Waals surface area (Å²) in [5.41, 5.74) is 4.80. The van der Waals surface area contributed by atoms with Crippen molar-refractivity contribution in [2.75, 3.05) is 18.0 Å². The first kappa shape index (κ1) is 24.0. The van der Waals surface area contributed by atoms with E-state index in [1.54, 1.807) is 6.07 Å². The fourth-order valence-corrected chi connectivity index (χ4v) is 6.23. The lowest BCUT2D eigenvalue weighted by Crippen LogP contribution is -2.42. The summed E-state index contributed by atoms with van der Waals surface area (Å²) in [6.45, 7) is 3.67. The summed E-state index contributed by atoms with van der Waals surface area (Å²) >= 11 is 0. The summed E-state index contributed by atoms with van der Waals surface area (Å²) in [4.78, 5) is 18.0. The number of pyridine rings is 1. The number of carboxylic acid groups (broad SMARTS) is 1. The number of aromatic nitrogens is 2.